The molecule has 2 fully saturated rings. The highest BCUT2D eigenvalue weighted by molar-refractivity contribution is 5.82. The van der Waals surface area contributed by atoms with Crippen molar-refractivity contribution in [1.29, 1.82) is 0 Å². The molecule has 5 rings (SSSR count). The molecule has 0 radical (unpaired) electrons. The summed E-state index contributed by atoms with van der Waals surface area (Å²) in [5.41, 5.74) is 2.33. The van der Waals surface area contributed by atoms with Gasteiger partial charge in [-0.25, -0.2) is 9.37 Å². The lowest BCUT2D eigenvalue weighted by atomic mass is 9.79. The molecule has 33 heavy (non-hydrogen) atoms. The molecule has 1 aromatic heterocycles. The molecule has 0 atom stereocenters. The number of carbonyl (C=O) groups is 1. The number of benzene rings is 2. The van der Waals surface area contributed by atoms with Crippen molar-refractivity contribution in [2.24, 2.45) is 5.92 Å². The average Bonchev–Trinajstić information content (AvgIpc) is 3.51. The number of nitrogens with zero attached hydrogens (tertiary/aromatic N) is 2. The molecule has 2 aromatic carbocycles. The van der Waals surface area contributed by atoms with Crippen LogP contribution in [0, 0.1) is 11.7 Å². The second kappa shape index (κ2) is 8.81. The molecule has 3 aromatic rings. The van der Waals surface area contributed by atoms with Crippen LogP contribution in [0.2, 0.25) is 0 Å². The third-order valence-corrected chi connectivity index (χ3v) is 6.70. The highest BCUT2D eigenvalue weighted by atomic mass is 19.1. The Balaban J connectivity index is 1.40. The fourth-order valence-electron chi connectivity index (χ4n) is 4.54. The van der Waals surface area contributed by atoms with Gasteiger partial charge in [0.2, 0.25) is 5.95 Å². The van der Waals surface area contributed by atoms with Crippen LogP contribution in [0.5, 0.6) is 0 Å². The third kappa shape index (κ3) is 4.67. The Morgan fingerprint density at radius 1 is 1.03 bits per heavy atom. The molecule has 170 valence electrons. The molecule has 0 bridgehead atoms. The van der Waals surface area contributed by atoms with E-state index in [1.165, 1.54) is 25.0 Å². The lowest BCUT2D eigenvalue weighted by Gasteiger charge is -2.24. The van der Waals surface area contributed by atoms with Crippen molar-refractivity contribution in [2.75, 3.05) is 17.2 Å². The van der Waals surface area contributed by atoms with Gasteiger partial charge < -0.3 is 15.7 Å². The van der Waals surface area contributed by atoms with Gasteiger partial charge in [-0.05, 0) is 73.6 Å². The predicted molar refractivity (Wildman–Crippen MR) is 126 cm³/mol. The predicted octanol–water partition coefficient (Wildman–Crippen LogP) is 5.74. The van der Waals surface area contributed by atoms with Gasteiger partial charge in [-0.1, -0.05) is 25.0 Å². The molecule has 3 N–H and O–H groups in total. The van der Waals surface area contributed by atoms with Gasteiger partial charge in [-0.3, -0.25) is 4.79 Å². The second-order valence-corrected chi connectivity index (χ2v) is 9.09. The first-order valence-electron chi connectivity index (χ1n) is 11.5. The van der Waals surface area contributed by atoms with Gasteiger partial charge in [0, 0.05) is 23.9 Å². The van der Waals surface area contributed by atoms with Crippen LogP contribution in [0.15, 0.2) is 54.6 Å². The van der Waals surface area contributed by atoms with Gasteiger partial charge in [-0.2, -0.15) is 4.98 Å². The number of carboxylic acid groups (broad SMARTS) is 1. The van der Waals surface area contributed by atoms with E-state index in [1.54, 1.807) is 12.1 Å². The van der Waals surface area contributed by atoms with Crippen molar-refractivity contribution in [2.45, 2.75) is 43.9 Å². The summed E-state index contributed by atoms with van der Waals surface area (Å²) in [6.07, 6.45) is 5.69. The summed E-state index contributed by atoms with van der Waals surface area (Å²) < 4.78 is 13.4. The smallest absolute Gasteiger partial charge is 0.314 e. The Labute approximate surface area is 192 Å². The Morgan fingerprint density at radius 3 is 2.36 bits per heavy atom. The van der Waals surface area contributed by atoms with E-state index in [4.69, 9.17) is 0 Å². The number of anilines is 3. The van der Waals surface area contributed by atoms with E-state index in [1.807, 2.05) is 30.3 Å². The maximum atomic E-state index is 13.4. The van der Waals surface area contributed by atoms with Crippen LogP contribution in [-0.4, -0.2) is 27.6 Å². The fourth-order valence-corrected chi connectivity index (χ4v) is 4.54. The molecule has 7 heteroatoms. The number of rotatable bonds is 8. The SMILES string of the molecule is O=C(O)C1(c2ccc(Nc3nc(NCC4CC4)cc(-c4ccc(F)cc4)n3)cc2)CCCC1. The van der Waals surface area contributed by atoms with Crippen LogP contribution >= 0.6 is 0 Å². The van der Waals surface area contributed by atoms with E-state index in [0.717, 1.165) is 36.2 Å². The lowest BCUT2D eigenvalue weighted by molar-refractivity contribution is -0.143. The van der Waals surface area contributed by atoms with Crippen LogP contribution in [0.1, 0.15) is 44.1 Å². The molecule has 0 aliphatic heterocycles. The zero-order valence-corrected chi connectivity index (χ0v) is 18.4. The molecule has 0 spiro atoms. The van der Waals surface area contributed by atoms with E-state index in [2.05, 4.69) is 20.6 Å². The number of halogens is 1. The number of hydrogen-bond donors (Lipinski definition) is 3. The number of nitrogens with one attached hydrogen (secondary N) is 2. The van der Waals surface area contributed by atoms with Crippen molar-refractivity contribution in [3.63, 3.8) is 0 Å². The summed E-state index contributed by atoms with van der Waals surface area (Å²) in [6.45, 7) is 0.866. The molecular formula is C26H27FN4O2. The van der Waals surface area contributed by atoms with Crippen LogP contribution in [0.4, 0.5) is 21.8 Å². The maximum Gasteiger partial charge on any atom is 0.314 e. The first kappa shape index (κ1) is 21.4. The Bertz CT molecular complexity index is 1140. The molecule has 1 heterocycles. The normalized spacial score (nSPS) is 17.0. The third-order valence-electron chi connectivity index (χ3n) is 6.70. The summed E-state index contributed by atoms with van der Waals surface area (Å²) in [5, 5.41) is 16.5. The molecule has 6 nitrogen and oxygen atoms in total. The molecule has 0 amide bonds. The van der Waals surface area contributed by atoms with Crippen molar-refractivity contribution in [1.82, 2.24) is 9.97 Å². The topological polar surface area (TPSA) is 87.1 Å². The van der Waals surface area contributed by atoms with E-state index in [-0.39, 0.29) is 5.82 Å². The van der Waals surface area contributed by atoms with Crippen molar-refractivity contribution in [3.8, 4) is 11.3 Å². The van der Waals surface area contributed by atoms with Gasteiger partial charge in [0.25, 0.3) is 0 Å². The summed E-state index contributed by atoms with van der Waals surface area (Å²) >= 11 is 0. The number of carboxylic acids is 1. The second-order valence-electron chi connectivity index (χ2n) is 9.09. The zero-order chi connectivity index (χ0) is 22.8. The van der Waals surface area contributed by atoms with Crippen LogP contribution in [-0.2, 0) is 10.2 Å². The largest absolute Gasteiger partial charge is 0.481 e. The van der Waals surface area contributed by atoms with Crippen LogP contribution in [0.25, 0.3) is 11.3 Å². The minimum Gasteiger partial charge on any atom is -0.481 e. The van der Waals surface area contributed by atoms with Gasteiger partial charge >= 0.3 is 5.97 Å². The Morgan fingerprint density at radius 2 is 1.73 bits per heavy atom. The average molecular weight is 447 g/mol. The first-order valence-corrected chi connectivity index (χ1v) is 11.5. The van der Waals surface area contributed by atoms with Crippen molar-refractivity contribution in [3.05, 3.63) is 66.0 Å². The Kier molecular flexibility index (Phi) is 5.70. The Hall–Kier alpha value is -3.48. The first-order chi connectivity index (χ1) is 16.0. The molecule has 0 saturated heterocycles. The summed E-state index contributed by atoms with van der Waals surface area (Å²) in [6, 6.07) is 15.6. The monoisotopic (exact) mass is 446 g/mol. The van der Waals surface area contributed by atoms with Gasteiger partial charge in [0.05, 0.1) is 11.1 Å². The molecular weight excluding hydrogens is 419 g/mol. The highest BCUT2D eigenvalue weighted by Gasteiger charge is 2.42. The molecule has 2 saturated carbocycles. The summed E-state index contributed by atoms with van der Waals surface area (Å²) in [4.78, 5) is 21.2. The van der Waals surface area contributed by atoms with Gasteiger partial charge in [0.15, 0.2) is 0 Å². The summed E-state index contributed by atoms with van der Waals surface area (Å²) in [7, 11) is 0. The van der Waals surface area contributed by atoms with E-state index < -0.39 is 11.4 Å². The van der Waals surface area contributed by atoms with Gasteiger partial charge in [-0.15, -0.1) is 0 Å². The van der Waals surface area contributed by atoms with E-state index in [9.17, 15) is 14.3 Å². The molecule has 0 unspecified atom stereocenters. The molecule has 2 aliphatic rings. The quantitative estimate of drug-likeness (QED) is 0.409. The molecule has 2 aliphatic carbocycles. The maximum absolute atomic E-state index is 13.4. The number of aromatic nitrogens is 2. The minimum atomic E-state index is -0.780. The highest BCUT2D eigenvalue weighted by Crippen LogP contribution is 2.41. The fraction of sp³-hybridized carbons (Fsp3) is 0.346. The zero-order valence-electron chi connectivity index (χ0n) is 18.4. The lowest BCUT2D eigenvalue weighted by Crippen LogP contribution is -2.32. The van der Waals surface area contributed by atoms with Crippen LogP contribution < -0.4 is 10.6 Å². The van der Waals surface area contributed by atoms with Crippen molar-refractivity contribution >= 4 is 23.4 Å². The standard InChI is InChI=1S/C26H27FN4O2/c27-20-9-5-18(6-10-20)22-15-23(28-16-17-3-4-17)31-25(30-22)29-21-11-7-19(8-12-21)26(24(32)33)13-1-2-14-26/h5-12,15,17H,1-4,13-14,16H2,(H,32,33)(H2,28,29,30,31). The van der Waals surface area contributed by atoms with Crippen LogP contribution in [0.3, 0.4) is 0 Å². The number of aliphatic carboxylic acids is 1. The number of hydrogen-bond acceptors (Lipinski definition) is 5. The minimum absolute atomic E-state index is 0.292. The van der Waals surface area contributed by atoms with Crippen molar-refractivity contribution < 1.29 is 14.3 Å². The van der Waals surface area contributed by atoms with Gasteiger partial charge in [0.1, 0.15) is 11.6 Å². The summed E-state index contributed by atoms with van der Waals surface area (Å²) in [5.74, 6) is 0.792. The van der Waals surface area contributed by atoms with E-state index in [0.29, 0.717) is 36.2 Å². The van der Waals surface area contributed by atoms with E-state index >= 15 is 0 Å².